The first-order chi connectivity index (χ1) is 7.89. The standard InChI is InChI=1S/C7H16N.C4H11O4P/c1-3-8(2)6-4-5-7-8;1-3-7-9(5,6)8-4-2/h3-7H2,1-2H3;3-4H2,1-2H3,(H,5,6)/q+1;/p-1. The smallest absolute Gasteiger partial charge is 0.267 e. The number of hydrogen-bond donors (Lipinski definition) is 0. The van der Waals surface area contributed by atoms with Crippen molar-refractivity contribution in [3.63, 3.8) is 0 Å². The molecule has 0 unspecified atom stereocenters. The summed E-state index contributed by atoms with van der Waals surface area (Å²) in [5.74, 6) is 0. The lowest BCUT2D eigenvalue weighted by molar-refractivity contribution is -0.895. The van der Waals surface area contributed by atoms with Gasteiger partial charge in [0.25, 0.3) is 7.82 Å². The van der Waals surface area contributed by atoms with Gasteiger partial charge in [0.1, 0.15) is 0 Å². The van der Waals surface area contributed by atoms with Gasteiger partial charge < -0.3 is 18.4 Å². The van der Waals surface area contributed by atoms with E-state index in [0.717, 1.165) is 0 Å². The first-order valence-corrected chi connectivity index (χ1v) is 7.79. The van der Waals surface area contributed by atoms with E-state index in [2.05, 4.69) is 23.0 Å². The Morgan fingerprint density at radius 1 is 1.12 bits per heavy atom. The molecule has 0 saturated carbocycles. The largest absolute Gasteiger partial charge is 0.756 e. The van der Waals surface area contributed by atoms with Gasteiger partial charge in [0.2, 0.25) is 0 Å². The van der Waals surface area contributed by atoms with Gasteiger partial charge in [0.15, 0.2) is 0 Å². The van der Waals surface area contributed by atoms with E-state index in [-0.39, 0.29) is 13.2 Å². The molecule has 1 fully saturated rings. The molecule has 0 aliphatic carbocycles. The molecule has 0 radical (unpaired) electrons. The van der Waals surface area contributed by atoms with E-state index in [1.54, 1.807) is 13.8 Å². The van der Waals surface area contributed by atoms with E-state index >= 15 is 0 Å². The van der Waals surface area contributed by atoms with Crippen LogP contribution in [0.25, 0.3) is 0 Å². The lowest BCUT2D eigenvalue weighted by Crippen LogP contribution is -2.40. The van der Waals surface area contributed by atoms with Gasteiger partial charge >= 0.3 is 0 Å². The summed E-state index contributed by atoms with van der Waals surface area (Å²) in [7, 11) is -1.59. The molecule has 104 valence electrons. The van der Waals surface area contributed by atoms with Crippen molar-refractivity contribution in [1.82, 2.24) is 0 Å². The SMILES string of the molecule is CCOP(=O)([O-])OCC.CC[N+]1(C)CCCC1. The van der Waals surface area contributed by atoms with Crippen molar-refractivity contribution >= 4 is 7.82 Å². The Kier molecular flexibility index (Phi) is 8.25. The highest BCUT2D eigenvalue weighted by Gasteiger charge is 2.23. The quantitative estimate of drug-likeness (QED) is 0.562. The molecule has 6 heteroatoms. The van der Waals surface area contributed by atoms with Gasteiger partial charge in [-0.3, -0.25) is 4.57 Å². The van der Waals surface area contributed by atoms with Crippen molar-refractivity contribution in [2.75, 3.05) is 39.9 Å². The molecule has 0 aromatic carbocycles. The molecule has 0 aromatic heterocycles. The number of rotatable bonds is 5. The molecule has 1 rings (SSSR count). The molecule has 5 nitrogen and oxygen atoms in total. The van der Waals surface area contributed by atoms with Crippen LogP contribution in [0.1, 0.15) is 33.6 Å². The van der Waals surface area contributed by atoms with E-state index in [1.807, 2.05) is 0 Å². The molecule has 0 spiro atoms. The molecule has 1 aliphatic rings. The second-order valence-electron chi connectivity index (χ2n) is 4.37. The summed E-state index contributed by atoms with van der Waals surface area (Å²) in [6.45, 7) is 9.85. The van der Waals surface area contributed by atoms with Crippen LogP contribution in [0.3, 0.4) is 0 Å². The minimum absolute atomic E-state index is 0.126. The van der Waals surface area contributed by atoms with Crippen LogP contribution >= 0.6 is 7.82 Å². The van der Waals surface area contributed by atoms with E-state index in [1.165, 1.54) is 37.0 Å². The third-order valence-electron chi connectivity index (χ3n) is 2.98. The molecule has 0 bridgehead atoms. The molecular weight excluding hydrogens is 241 g/mol. The van der Waals surface area contributed by atoms with E-state index in [0.29, 0.717) is 0 Å². The van der Waals surface area contributed by atoms with Gasteiger partial charge in [-0.05, 0) is 20.8 Å². The minimum atomic E-state index is -3.94. The van der Waals surface area contributed by atoms with Crippen LogP contribution in [-0.2, 0) is 13.6 Å². The van der Waals surface area contributed by atoms with Crippen molar-refractivity contribution in [2.45, 2.75) is 33.6 Å². The minimum Gasteiger partial charge on any atom is -0.756 e. The fraction of sp³-hybridized carbons (Fsp3) is 1.00. The Hall–Kier alpha value is 0.0700. The average Bonchev–Trinajstić information content (AvgIpc) is 2.67. The van der Waals surface area contributed by atoms with Gasteiger partial charge in [-0.2, -0.15) is 0 Å². The van der Waals surface area contributed by atoms with Crippen LogP contribution < -0.4 is 4.89 Å². The molecule has 0 amide bonds. The van der Waals surface area contributed by atoms with Crippen LogP contribution in [-0.4, -0.2) is 44.4 Å². The Bertz CT molecular complexity index is 232. The lowest BCUT2D eigenvalue weighted by atomic mass is 10.4. The molecule has 1 aliphatic heterocycles. The Labute approximate surface area is 105 Å². The number of phosphoric acid groups is 1. The van der Waals surface area contributed by atoms with Crippen LogP contribution in [0.15, 0.2) is 0 Å². The van der Waals surface area contributed by atoms with Crippen LogP contribution in [0.5, 0.6) is 0 Å². The zero-order valence-corrected chi connectivity index (χ0v) is 12.4. The summed E-state index contributed by atoms with van der Waals surface area (Å²) < 4.78 is 20.2. The number of phosphoric ester groups is 1. The first-order valence-electron chi connectivity index (χ1n) is 6.32. The highest BCUT2D eigenvalue weighted by molar-refractivity contribution is 7.45. The summed E-state index contributed by atoms with van der Waals surface area (Å²) in [4.78, 5) is 10.4. The molecule has 0 N–H and O–H groups in total. The fourth-order valence-electron chi connectivity index (χ4n) is 1.77. The highest BCUT2D eigenvalue weighted by atomic mass is 31.2. The van der Waals surface area contributed by atoms with Crippen molar-refractivity contribution in [2.24, 2.45) is 0 Å². The zero-order valence-electron chi connectivity index (χ0n) is 11.5. The molecule has 0 atom stereocenters. The van der Waals surface area contributed by atoms with Gasteiger partial charge in [-0.25, -0.2) is 0 Å². The fourth-order valence-corrected chi connectivity index (χ4v) is 2.48. The maximum atomic E-state index is 10.4. The maximum Gasteiger partial charge on any atom is 0.267 e. The third kappa shape index (κ3) is 7.90. The summed E-state index contributed by atoms with van der Waals surface area (Å²) in [6, 6.07) is 0. The normalized spacial score (nSPS) is 18.6. The van der Waals surface area contributed by atoms with E-state index in [4.69, 9.17) is 0 Å². The third-order valence-corrected chi connectivity index (χ3v) is 4.13. The number of likely N-dealkylation sites (tertiary alicyclic amines) is 1. The zero-order chi connectivity index (χ0) is 13.4. The van der Waals surface area contributed by atoms with Crippen molar-refractivity contribution in [1.29, 1.82) is 0 Å². The van der Waals surface area contributed by atoms with Crippen molar-refractivity contribution < 1.29 is 23.0 Å². The average molecular weight is 267 g/mol. The maximum absolute atomic E-state index is 10.4. The van der Waals surface area contributed by atoms with Crippen LogP contribution in [0, 0.1) is 0 Å². The predicted molar refractivity (Wildman–Crippen MR) is 66.6 cm³/mol. The molecular formula is C11H26NO4P. The van der Waals surface area contributed by atoms with Crippen molar-refractivity contribution in [3.8, 4) is 0 Å². The van der Waals surface area contributed by atoms with Gasteiger partial charge in [0, 0.05) is 12.8 Å². The second-order valence-corrected chi connectivity index (χ2v) is 5.78. The molecule has 1 saturated heterocycles. The first kappa shape index (κ1) is 17.1. The Balaban J connectivity index is 0.000000302. The summed E-state index contributed by atoms with van der Waals surface area (Å²) in [5, 5.41) is 0. The van der Waals surface area contributed by atoms with E-state index in [9.17, 15) is 9.46 Å². The highest BCUT2D eigenvalue weighted by Crippen LogP contribution is 2.37. The van der Waals surface area contributed by atoms with Gasteiger partial charge in [-0.1, -0.05) is 0 Å². The van der Waals surface area contributed by atoms with Gasteiger partial charge in [-0.15, -0.1) is 0 Å². The van der Waals surface area contributed by atoms with Crippen molar-refractivity contribution in [3.05, 3.63) is 0 Å². The van der Waals surface area contributed by atoms with Gasteiger partial charge in [0.05, 0.1) is 39.9 Å². The van der Waals surface area contributed by atoms with Crippen LogP contribution in [0.4, 0.5) is 0 Å². The Morgan fingerprint density at radius 2 is 1.53 bits per heavy atom. The summed E-state index contributed by atoms with van der Waals surface area (Å²) in [5.41, 5.74) is 0. The molecule has 1 heterocycles. The lowest BCUT2D eigenvalue weighted by Gasteiger charge is -2.26. The monoisotopic (exact) mass is 267 g/mol. The number of hydrogen-bond acceptors (Lipinski definition) is 4. The van der Waals surface area contributed by atoms with E-state index < -0.39 is 7.82 Å². The Morgan fingerprint density at radius 3 is 1.76 bits per heavy atom. The molecule has 17 heavy (non-hydrogen) atoms. The summed E-state index contributed by atoms with van der Waals surface area (Å²) in [6.07, 6.45) is 2.90. The number of nitrogens with zero attached hydrogens (tertiary/aromatic N) is 1. The summed E-state index contributed by atoms with van der Waals surface area (Å²) >= 11 is 0. The topological polar surface area (TPSA) is 58.6 Å². The predicted octanol–water partition coefficient (Wildman–Crippen LogP) is 1.77. The number of quaternary nitrogens is 1. The van der Waals surface area contributed by atoms with Crippen LogP contribution in [0.2, 0.25) is 0 Å². The molecule has 0 aromatic rings. The second kappa shape index (κ2) is 8.22.